The van der Waals surface area contributed by atoms with Crippen LogP contribution in [-0.4, -0.2) is 28.5 Å². The molecule has 0 spiro atoms. The van der Waals surface area contributed by atoms with Gasteiger partial charge in [-0.1, -0.05) is 0 Å². The van der Waals surface area contributed by atoms with Gasteiger partial charge in [-0.15, -0.1) is 12.3 Å². The number of unbranched alkanes of at least 4 members (excludes halogenated alkanes) is 2. The first-order valence-corrected chi connectivity index (χ1v) is 5.41. The molecule has 0 aliphatic rings. The smallest absolute Gasteiger partial charge is 0.372 e. The van der Waals surface area contributed by atoms with Gasteiger partial charge < -0.3 is 10.1 Å². The zero-order valence-electron chi connectivity index (χ0n) is 10.0. The van der Waals surface area contributed by atoms with Crippen molar-refractivity contribution in [3.8, 4) is 18.2 Å². The Kier molecular flexibility index (Phi) is 5.38. The highest BCUT2D eigenvalue weighted by atomic mass is 16.6. The molecule has 1 heterocycles. The number of methoxy groups -OCH3 is 1. The van der Waals surface area contributed by atoms with Gasteiger partial charge in [-0.2, -0.15) is 4.98 Å². The van der Waals surface area contributed by atoms with Crippen LogP contribution < -0.4 is 10.1 Å². The Hall–Kier alpha value is -2.36. The summed E-state index contributed by atoms with van der Waals surface area (Å²) in [5.41, 5.74) is -0.253. The van der Waals surface area contributed by atoms with Crippen LogP contribution in [0.1, 0.15) is 19.3 Å². The monoisotopic (exact) mass is 250 g/mol. The van der Waals surface area contributed by atoms with Crippen molar-refractivity contribution in [1.29, 1.82) is 0 Å². The molecule has 1 aromatic rings. The Morgan fingerprint density at radius 2 is 2.33 bits per heavy atom. The Balaban J connectivity index is 2.70. The zero-order valence-corrected chi connectivity index (χ0v) is 10.0. The van der Waals surface area contributed by atoms with E-state index in [9.17, 15) is 10.1 Å². The van der Waals surface area contributed by atoms with Crippen molar-refractivity contribution in [2.75, 3.05) is 19.0 Å². The summed E-state index contributed by atoms with van der Waals surface area (Å²) in [4.78, 5) is 17.9. The highest BCUT2D eigenvalue weighted by Crippen LogP contribution is 2.30. The number of nitrogens with one attached hydrogen (secondary N) is 1. The lowest BCUT2D eigenvalue weighted by molar-refractivity contribution is -0.385. The van der Waals surface area contributed by atoms with Gasteiger partial charge >= 0.3 is 5.69 Å². The summed E-state index contributed by atoms with van der Waals surface area (Å²) in [7, 11) is 1.33. The molecule has 7 nitrogen and oxygen atoms in total. The van der Waals surface area contributed by atoms with Gasteiger partial charge in [0, 0.05) is 13.0 Å². The van der Waals surface area contributed by atoms with Crippen molar-refractivity contribution in [3.05, 3.63) is 16.4 Å². The van der Waals surface area contributed by atoms with Crippen LogP contribution in [-0.2, 0) is 0 Å². The molecule has 0 aliphatic carbocycles. The molecule has 7 heteroatoms. The van der Waals surface area contributed by atoms with Crippen molar-refractivity contribution >= 4 is 11.5 Å². The maximum absolute atomic E-state index is 10.9. The minimum absolute atomic E-state index is 0.0545. The summed E-state index contributed by atoms with van der Waals surface area (Å²) in [6.45, 7) is 0.558. The summed E-state index contributed by atoms with van der Waals surface area (Å²) in [6, 6.07) is 0. The molecule has 1 rings (SSSR count). The highest BCUT2D eigenvalue weighted by Gasteiger charge is 2.23. The Labute approximate surface area is 105 Å². The normalized spacial score (nSPS) is 9.56. The molecule has 0 bridgehead atoms. The molecular weight excluding hydrogens is 236 g/mol. The molecule has 0 radical (unpaired) electrons. The van der Waals surface area contributed by atoms with Crippen LogP contribution in [0.2, 0.25) is 0 Å². The van der Waals surface area contributed by atoms with Crippen molar-refractivity contribution in [2.24, 2.45) is 0 Å². The van der Waals surface area contributed by atoms with Gasteiger partial charge in [0.2, 0.25) is 5.82 Å². The first-order valence-electron chi connectivity index (χ1n) is 5.41. The first-order chi connectivity index (χ1) is 8.70. The molecule has 0 aliphatic heterocycles. The average Bonchev–Trinajstić information content (AvgIpc) is 2.37. The number of nitro groups is 1. The summed E-state index contributed by atoms with van der Waals surface area (Å²) in [5.74, 6) is 2.64. The lowest BCUT2D eigenvalue weighted by Gasteiger charge is -2.07. The van der Waals surface area contributed by atoms with E-state index in [-0.39, 0.29) is 17.4 Å². The van der Waals surface area contributed by atoms with Gasteiger partial charge in [-0.25, -0.2) is 4.98 Å². The standard InChI is InChI=1S/C11H14N4O3/c1-3-4-5-6-7-12-10-9(15(16)17)11(18-2)14-8-13-10/h1,8H,4-7H2,2H3,(H,12,13,14). The molecule has 0 aromatic carbocycles. The van der Waals surface area contributed by atoms with Gasteiger partial charge in [0.15, 0.2) is 0 Å². The van der Waals surface area contributed by atoms with Crippen LogP contribution in [0.5, 0.6) is 5.88 Å². The second-order valence-corrected chi connectivity index (χ2v) is 3.43. The number of hydrogen-bond donors (Lipinski definition) is 1. The third kappa shape index (κ3) is 3.59. The van der Waals surface area contributed by atoms with E-state index in [0.717, 1.165) is 12.8 Å². The fourth-order valence-electron chi connectivity index (χ4n) is 1.36. The molecule has 1 aromatic heterocycles. The molecule has 0 saturated heterocycles. The second kappa shape index (κ2) is 7.06. The van der Waals surface area contributed by atoms with E-state index >= 15 is 0 Å². The lowest BCUT2D eigenvalue weighted by Crippen LogP contribution is -2.08. The topological polar surface area (TPSA) is 90.2 Å². The summed E-state index contributed by atoms with van der Waals surface area (Å²) in [6.07, 6.45) is 8.71. The third-order valence-corrected chi connectivity index (χ3v) is 2.20. The van der Waals surface area contributed by atoms with Crippen molar-refractivity contribution in [2.45, 2.75) is 19.3 Å². The fraction of sp³-hybridized carbons (Fsp3) is 0.455. The molecular formula is C11H14N4O3. The van der Waals surface area contributed by atoms with Crippen LogP contribution in [0.15, 0.2) is 6.33 Å². The fourth-order valence-corrected chi connectivity index (χ4v) is 1.36. The van der Waals surface area contributed by atoms with E-state index in [1.807, 2.05) is 0 Å². The minimum atomic E-state index is -0.567. The predicted molar refractivity (Wildman–Crippen MR) is 66.4 cm³/mol. The third-order valence-electron chi connectivity index (χ3n) is 2.20. The molecule has 18 heavy (non-hydrogen) atoms. The van der Waals surface area contributed by atoms with Crippen LogP contribution >= 0.6 is 0 Å². The number of aromatic nitrogens is 2. The van der Waals surface area contributed by atoms with Crippen LogP contribution in [0.4, 0.5) is 11.5 Å². The second-order valence-electron chi connectivity index (χ2n) is 3.43. The highest BCUT2D eigenvalue weighted by molar-refractivity contribution is 5.60. The largest absolute Gasteiger partial charge is 0.476 e. The van der Waals surface area contributed by atoms with Crippen molar-refractivity contribution in [3.63, 3.8) is 0 Å². The Morgan fingerprint density at radius 1 is 1.56 bits per heavy atom. The summed E-state index contributed by atoms with van der Waals surface area (Å²) in [5, 5.41) is 13.8. The van der Waals surface area contributed by atoms with E-state index in [2.05, 4.69) is 21.2 Å². The van der Waals surface area contributed by atoms with Crippen LogP contribution in [0.3, 0.4) is 0 Å². The van der Waals surface area contributed by atoms with E-state index in [4.69, 9.17) is 11.2 Å². The maximum atomic E-state index is 10.9. The van der Waals surface area contributed by atoms with Gasteiger partial charge in [0.05, 0.1) is 12.0 Å². The van der Waals surface area contributed by atoms with E-state index < -0.39 is 4.92 Å². The molecule has 0 saturated carbocycles. The quantitative estimate of drug-likeness (QED) is 0.342. The number of terminal acetylenes is 1. The lowest BCUT2D eigenvalue weighted by atomic mass is 10.2. The average molecular weight is 250 g/mol. The molecule has 96 valence electrons. The van der Waals surface area contributed by atoms with Gasteiger partial charge in [-0.3, -0.25) is 10.1 Å². The Bertz CT molecular complexity index is 456. The van der Waals surface area contributed by atoms with E-state index in [0.29, 0.717) is 13.0 Å². The summed E-state index contributed by atoms with van der Waals surface area (Å²) >= 11 is 0. The Morgan fingerprint density at radius 3 is 2.94 bits per heavy atom. The summed E-state index contributed by atoms with van der Waals surface area (Å²) < 4.78 is 4.83. The molecule has 0 atom stereocenters. The number of ether oxygens (including phenoxy) is 1. The zero-order chi connectivity index (χ0) is 13.4. The van der Waals surface area contributed by atoms with Crippen LogP contribution in [0, 0.1) is 22.5 Å². The number of rotatable bonds is 7. The van der Waals surface area contributed by atoms with E-state index in [1.165, 1.54) is 13.4 Å². The molecule has 1 N–H and O–H groups in total. The van der Waals surface area contributed by atoms with Crippen molar-refractivity contribution in [1.82, 2.24) is 9.97 Å². The van der Waals surface area contributed by atoms with Gasteiger partial charge in [0.25, 0.3) is 5.88 Å². The number of nitrogens with zero attached hydrogens (tertiary/aromatic N) is 3. The van der Waals surface area contributed by atoms with Gasteiger partial charge in [-0.05, 0) is 12.8 Å². The molecule has 0 amide bonds. The maximum Gasteiger partial charge on any atom is 0.372 e. The predicted octanol–water partition coefficient (Wildman–Crippen LogP) is 1.61. The first kappa shape index (κ1) is 13.7. The number of anilines is 1. The number of hydrogen-bond acceptors (Lipinski definition) is 6. The van der Waals surface area contributed by atoms with E-state index in [1.54, 1.807) is 0 Å². The van der Waals surface area contributed by atoms with Crippen molar-refractivity contribution < 1.29 is 9.66 Å². The SMILES string of the molecule is C#CCCCCNc1ncnc(OC)c1[N+](=O)[O-]. The molecule has 0 fully saturated rings. The molecule has 0 unspecified atom stereocenters. The minimum Gasteiger partial charge on any atom is -0.476 e. The van der Waals surface area contributed by atoms with Crippen LogP contribution in [0.25, 0.3) is 0 Å². The van der Waals surface area contributed by atoms with Gasteiger partial charge in [0.1, 0.15) is 6.33 Å².